The lowest BCUT2D eigenvalue weighted by molar-refractivity contribution is 0.0697. The highest BCUT2D eigenvalue weighted by Gasteiger charge is 2.22. The van der Waals surface area contributed by atoms with Crippen LogP contribution in [-0.2, 0) is 13.0 Å². The summed E-state index contributed by atoms with van der Waals surface area (Å²) in [7, 11) is 0. The summed E-state index contributed by atoms with van der Waals surface area (Å²) < 4.78 is 0. The molecule has 1 unspecified atom stereocenters. The molecular formula is C22H27N3O3. The Morgan fingerprint density at radius 2 is 1.75 bits per heavy atom. The lowest BCUT2D eigenvalue weighted by Gasteiger charge is -2.16. The van der Waals surface area contributed by atoms with E-state index < -0.39 is 5.97 Å². The van der Waals surface area contributed by atoms with Gasteiger partial charge in [-0.05, 0) is 48.6 Å². The van der Waals surface area contributed by atoms with Gasteiger partial charge in [0.25, 0.3) is 0 Å². The van der Waals surface area contributed by atoms with Crippen LogP contribution in [0.25, 0.3) is 0 Å². The second kappa shape index (κ2) is 9.90. The highest BCUT2D eigenvalue weighted by Crippen LogP contribution is 2.16. The van der Waals surface area contributed by atoms with Crippen LogP contribution >= 0.6 is 0 Å². The van der Waals surface area contributed by atoms with Crippen LogP contribution in [0, 0.1) is 5.92 Å². The molecule has 1 atom stereocenters. The van der Waals surface area contributed by atoms with Crippen molar-refractivity contribution >= 4 is 12.0 Å². The Labute approximate surface area is 165 Å². The standard InChI is InChI=1S/C22H27N3O3/c26-21(27)20-8-6-18(7-9-20)14-23-22(28)24-15-19-11-13-25(16-19)12-10-17-4-2-1-3-5-17/h1-9,19H,10-16H2,(H,26,27)(H2,23,24,28). The molecule has 3 N–H and O–H groups in total. The minimum absolute atomic E-state index is 0.190. The summed E-state index contributed by atoms with van der Waals surface area (Å²) in [6.45, 7) is 4.20. The van der Waals surface area contributed by atoms with Crippen molar-refractivity contribution in [3.05, 3.63) is 71.3 Å². The number of benzene rings is 2. The van der Waals surface area contributed by atoms with E-state index >= 15 is 0 Å². The van der Waals surface area contributed by atoms with Gasteiger partial charge in [0, 0.05) is 26.2 Å². The van der Waals surface area contributed by atoms with Crippen molar-refractivity contribution in [2.75, 3.05) is 26.2 Å². The number of hydrogen-bond donors (Lipinski definition) is 3. The molecule has 6 heteroatoms. The topological polar surface area (TPSA) is 81.7 Å². The number of carboxylic acid groups (broad SMARTS) is 1. The molecule has 1 fully saturated rings. The monoisotopic (exact) mass is 381 g/mol. The molecule has 2 aromatic rings. The first-order chi connectivity index (χ1) is 13.6. The first kappa shape index (κ1) is 19.9. The largest absolute Gasteiger partial charge is 0.478 e. The number of amides is 2. The lowest BCUT2D eigenvalue weighted by atomic mass is 10.1. The molecule has 0 saturated carbocycles. The quantitative estimate of drug-likeness (QED) is 0.657. The fourth-order valence-corrected chi connectivity index (χ4v) is 3.46. The van der Waals surface area contributed by atoms with E-state index in [4.69, 9.17) is 5.11 Å². The van der Waals surface area contributed by atoms with Crippen molar-refractivity contribution in [2.45, 2.75) is 19.4 Å². The van der Waals surface area contributed by atoms with Crippen LogP contribution in [0.1, 0.15) is 27.9 Å². The Bertz CT molecular complexity index is 777. The van der Waals surface area contributed by atoms with Gasteiger partial charge in [-0.15, -0.1) is 0 Å². The van der Waals surface area contributed by atoms with Gasteiger partial charge in [-0.3, -0.25) is 0 Å². The van der Waals surface area contributed by atoms with Gasteiger partial charge in [0.05, 0.1) is 5.56 Å². The first-order valence-corrected chi connectivity index (χ1v) is 9.70. The fourth-order valence-electron chi connectivity index (χ4n) is 3.46. The average Bonchev–Trinajstić information content (AvgIpc) is 3.18. The molecule has 0 radical (unpaired) electrons. The van der Waals surface area contributed by atoms with E-state index in [-0.39, 0.29) is 11.6 Å². The number of carbonyl (C=O) groups is 2. The SMILES string of the molecule is O=C(NCc1ccc(C(=O)O)cc1)NCC1CCN(CCc2ccccc2)C1. The van der Waals surface area contributed by atoms with Crippen LogP contribution in [0.5, 0.6) is 0 Å². The molecule has 0 spiro atoms. The highest BCUT2D eigenvalue weighted by atomic mass is 16.4. The normalized spacial score (nSPS) is 16.6. The summed E-state index contributed by atoms with van der Waals surface area (Å²) in [5, 5.41) is 14.7. The van der Waals surface area contributed by atoms with Gasteiger partial charge in [-0.1, -0.05) is 42.5 Å². The number of nitrogens with zero attached hydrogens (tertiary/aromatic N) is 1. The number of urea groups is 1. The number of nitrogens with one attached hydrogen (secondary N) is 2. The molecule has 2 aromatic carbocycles. The average molecular weight is 381 g/mol. The molecule has 2 amide bonds. The van der Waals surface area contributed by atoms with Crippen LogP contribution < -0.4 is 10.6 Å². The van der Waals surface area contributed by atoms with Crippen molar-refractivity contribution in [3.8, 4) is 0 Å². The molecule has 6 nitrogen and oxygen atoms in total. The number of carboxylic acids is 1. The summed E-state index contributed by atoms with van der Waals surface area (Å²) in [4.78, 5) is 25.3. The third kappa shape index (κ3) is 6.09. The molecular weight excluding hydrogens is 354 g/mol. The van der Waals surface area contributed by atoms with Gasteiger partial charge in [0.2, 0.25) is 0 Å². The fraction of sp³-hybridized carbons (Fsp3) is 0.364. The van der Waals surface area contributed by atoms with Crippen LogP contribution in [-0.4, -0.2) is 48.2 Å². The van der Waals surface area contributed by atoms with Crippen molar-refractivity contribution in [2.24, 2.45) is 5.92 Å². The molecule has 0 bridgehead atoms. The molecule has 1 aliphatic rings. The smallest absolute Gasteiger partial charge is 0.335 e. The van der Waals surface area contributed by atoms with Gasteiger partial charge in [-0.2, -0.15) is 0 Å². The number of rotatable bonds is 8. The number of likely N-dealkylation sites (tertiary alicyclic amines) is 1. The molecule has 0 aromatic heterocycles. The van der Waals surface area contributed by atoms with Gasteiger partial charge >= 0.3 is 12.0 Å². The molecule has 28 heavy (non-hydrogen) atoms. The van der Waals surface area contributed by atoms with Gasteiger partial charge in [0.15, 0.2) is 0 Å². The summed E-state index contributed by atoms with van der Waals surface area (Å²) in [6, 6.07) is 16.8. The van der Waals surface area contributed by atoms with Gasteiger partial charge in [-0.25, -0.2) is 9.59 Å². The van der Waals surface area contributed by atoms with Crippen molar-refractivity contribution < 1.29 is 14.7 Å². The summed E-state index contributed by atoms with van der Waals surface area (Å²) in [5.41, 5.74) is 2.47. The van der Waals surface area contributed by atoms with Crippen LogP contribution in [0.15, 0.2) is 54.6 Å². The van der Waals surface area contributed by atoms with E-state index in [1.165, 1.54) is 5.56 Å². The lowest BCUT2D eigenvalue weighted by Crippen LogP contribution is -2.38. The number of hydrogen-bond acceptors (Lipinski definition) is 3. The van der Waals surface area contributed by atoms with Crippen LogP contribution in [0.2, 0.25) is 0 Å². The Morgan fingerprint density at radius 3 is 2.46 bits per heavy atom. The first-order valence-electron chi connectivity index (χ1n) is 9.70. The summed E-state index contributed by atoms with van der Waals surface area (Å²) in [5.74, 6) is -0.469. The molecule has 3 rings (SSSR count). The van der Waals surface area contributed by atoms with Gasteiger partial charge in [0.1, 0.15) is 0 Å². The maximum atomic E-state index is 12.0. The van der Waals surface area contributed by atoms with E-state index in [2.05, 4.69) is 39.8 Å². The van der Waals surface area contributed by atoms with Crippen LogP contribution in [0.4, 0.5) is 4.79 Å². The molecule has 1 heterocycles. The third-order valence-corrected chi connectivity index (χ3v) is 5.13. The highest BCUT2D eigenvalue weighted by molar-refractivity contribution is 5.87. The summed E-state index contributed by atoms with van der Waals surface area (Å²) in [6.07, 6.45) is 2.16. The Kier molecular flexibility index (Phi) is 7.03. The second-order valence-corrected chi connectivity index (χ2v) is 7.26. The minimum atomic E-state index is -0.952. The third-order valence-electron chi connectivity index (χ3n) is 5.13. The zero-order valence-corrected chi connectivity index (χ0v) is 15.9. The molecule has 0 aliphatic carbocycles. The Hall–Kier alpha value is -2.86. The molecule has 148 valence electrons. The maximum Gasteiger partial charge on any atom is 0.335 e. The van der Waals surface area contributed by atoms with E-state index in [9.17, 15) is 9.59 Å². The minimum Gasteiger partial charge on any atom is -0.478 e. The second-order valence-electron chi connectivity index (χ2n) is 7.26. The van der Waals surface area contributed by atoms with Crippen molar-refractivity contribution in [1.82, 2.24) is 15.5 Å². The van der Waals surface area contributed by atoms with Gasteiger partial charge < -0.3 is 20.6 Å². The zero-order chi connectivity index (χ0) is 19.8. The Morgan fingerprint density at radius 1 is 1.00 bits per heavy atom. The van der Waals surface area contributed by atoms with E-state index in [1.54, 1.807) is 24.3 Å². The predicted octanol–water partition coefficient (Wildman–Crippen LogP) is 2.75. The van der Waals surface area contributed by atoms with E-state index in [0.717, 1.165) is 38.0 Å². The van der Waals surface area contributed by atoms with E-state index in [0.29, 0.717) is 19.0 Å². The molecule has 1 saturated heterocycles. The number of aromatic carboxylic acids is 1. The summed E-state index contributed by atoms with van der Waals surface area (Å²) >= 11 is 0. The predicted molar refractivity (Wildman–Crippen MR) is 108 cm³/mol. The molecule has 1 aliphatic heterocycles. The number of carbonyl (C=O) groups excluding carboxylic acids is 1. The van der Waals surface area contributed by atoms with E-state index in [1.807, 2.05) is 6.07 Å². The van der Waals surface area contributed by atoms with Crippen LogP contribution in [0.3, 0.4) is 0 Å². The van der Waals surface area contributed by atoms with Crippen molar-refractivity contribution in [3.63, 3.8) is 0 Å². The Balaban J connectivity index is 1.32. The zero-order valence-electron chi connectivity index (χ0n) is 15.9. The van der Waals surface area contributed by atoms with Crippen molar-refractivity contribution in [1.29, 1.82) is 0 Å². The maximum absolute atomic E-state index is 12.0.